The highest BCUT2D eigenvalue weighted by molar-refractivity contribution is 6.30. The fraction of sp³-hybridized carbons (Fsp3) is 0.500. The van der Waals surface area contributed by atoms with Gasteiger partial charge in [-0.2, -0.15) is 5.10 Å². The Bertz CT molecular complexity index is 756. The van der Waals surface area contributed by atoms with Crippen LogP contribution in [0.25, 0.3) is 11.4 Å². The van der Waals surface area contributed by atoms with Gasteiger partial charge in [0.2, 0.25) is 0 Å². The van der Waals surface area contributed by atoms with Crippen LogP contribution in [0.2, 0.25) is 5.15 Å². The van der Waals surface area contributed by atoms with Crippen molar-refractivity contribution in [3.8, 4) is 11.4 Å². The van der Waals surface area contributed by atoms with Gasteiger partial charge in [-0.25, -0.2) is 0 Å². The van der Waals surface area contributed by atoms with Gasteiger partial charge < -0.3 is 15.4 Å². The lowest BCUT2D eigenvalue weighted by molar-refractivity contribution is -0.142. The number of hydrogen-bond donors (Lipinski definition) is 2. The van der Waals surface area contributed by atoms with Crippen molar-refractivity contribution < 1.29 is 14.4 Å². The number of halogens is 1. The second kappa shape index (κ2) is 5.63. The summed E-state index contributed by atoms with van der Waals surface area (Å²) < 4.78 is 6.67. The molecule has 1 fully saturated rings. The van der Waals surface area contributed by atoms with E-state index in [1.54, 1.807) is 24.7 Å². The lowest BCUT2D eigenvalue weighted by Crippen LogP contribution is -2.50. The number of rotatable bonds is 4. The monoisotopic (exact) mass is 339 g/mol. The number of carbonyl (C=O) groups is 1. The van der Waals surface area contributed by atoms with E-state index >= 15 is 0 Å². The second-order valence-corrected chi connectivity index (χ2v) is 6.34. The first-order valence-corrected chi connectivity index (χ1v) is 7.57. The van der Waals surface area contributed by atoms with Crippen LogP contribution >= 0.6 is 11.6 Å². The minimum Gasteiger partial charge on any atom is -0.480 e. The van der Waals surface area contributed by atoms with Crippen molar-refractivity contribution in [3.05, 3.63) is 22.5 Å². The normalized spacial score (nSPS) is 21.9. The van der Waals surface area contributed by atoms with Crippen LogP contribution in [0.3, 0.4) is 0 Å². The maximum absolute atomic E-state index is 11.3. The molecule has 23 heavy (non-hydrogen) atoms. The first-order valence-electron chi connectivity index (χ1n) is 7.20. The molecule has 0 aliphatic carbocycles. The standard InChI is InChI=1S/C14H18ClN5O3/c1-8-5-10(18-23-8)11-9(12(15)19(2)17-11)6-20-4-3-14(16,7-20)13(21)22/h5H,3-4,6-7,16H2,1-2H3,(H,21,22). The third-order valence-electron chi connectivity index (χ3n) is 4.13. The quantitative estimate of drug-likeness (QED) is 0.855. The summed E-state index contributed by atoms with van der Waals surface area (Å²) >= 11 is 6.35. The maximum atomic E-state index is 11.3. The van der Waals surface area contributed by atoms with E-state index in [-0.39, 0.29) is 6.54 Å². The number of carboxylic acid groups (broad SMARTS) is 1. The van der Waals surface area contributed by atoms with Gasteiger partial charge in [0.1, 0.15) is 27.8 Å². The highest BCUT2D eigenvalue weighted by Crippen LogP contribution is 2.31. The number of aryl methyl sites for hydroxylation is 2. The molecule has 0 saturated carbocycles. The summed E-state index contributed by atoms with van der Waals surface area (Å²) in [7, 11) is 1.75. The lowest BCUT2D eigenvalue weighted by atomic mass is 10.0. The minimum absolute atomic E-state index is 0.269. The molecular formula is C14H18ClN5O3. The molecule has 3 N–H and O–H groups in total. The number of carboxylic acids is 1. The van der Waals surface area contributed by atoms with Crippen LogP contribution in [-0.2, 0) is 18.4 Å². The molecule has 0 spiro atoms. The molecular weight excluding hydrogens is 322 g/mol. The van der Waals surface area contributed by atoms with Crippen molar-refractivity contribution >= 4 is 17.6 Å². The third-order valence-corrected chi connectivity index (χ3v) is 4.60. The molecule has 1 aliphatic rings. The van der Waals surface area contributed by atoms with E-state index in [1.807, 2.05) is 4.90 Å². The van der Waals surface area contributed by atoms with E-state index < -0.39 is 11.5 Å². The van der Waals surface area contributed by atoms with Gasteiger partial charge in [0.25, 0.3) is 0 Å². The Morgan fingerprint density at radius 3 is 2.91 bits per heavy atom. The number of aliphatic carboxylic acids is 1. The van der Waals surface area contributed by atoms with Gasteiger partial charge >= 0.3 is 5.97 Å². The van der Waals surface area contributed by atoms with Crippen molar-refractivity contribution in [3.63, 3.8) is 0 Å². The number of nitrogens with two attached hydrogens (primary N) is 1. The average Bonchev–Trinajstić information content (AvgIpc) is 3.15. The molecule has 2 aromatic heterocycles. The Morgan fingerprint density at radius 1 is 1.61 bits per heavy atom. The van der Waals surface area contributed by atoms with Gasteiger partial charge in [-0.1, -0.05) is 16.8 Å². The SMILES string of the molecule is Cc1cc(-c2nn(C)c(Cl)c2CN2CCC(N)(C(=O)O)C2)no1. The van der Waals surface area contributed by atoms with Crippen molar-refractivity contribution in [2.24, 2.45) is 12.8 Å². The number of hydrogen-bond acceptors (Lipinski definition) is 6. The molecule has 1 atom stereocenters. The molecule has 0 radical (unpaired) electrons. The van der Waals surface area contributed by atoms with Crippen LogP contribution in [0.5, 0.6) is 0 Å². The fourth-order valence-corrected chi connectivity index (χ4v) is 3.01. The first kappa shape index (κ1) is 16.0. The van der Waals surface area contributed by atoms with Crippen LogP contribution in [-0.4, -0.2) is 49.5 Å². The van der Waals surface area contributed by atoms with E-state index in [2.05, 4.69) is 10.3 Å². The minimum atomic E-state index is -1.21. The lowest BCUT2D eigenvalue weighted by Gasteiger charge is -2.20. The molecule has 2 aromatic rings. The van der Waals surface area contributed by atoms with Gasteiger partial charge in [-0.15, -0.1) is 0 Å². The van der Waals surface area contributed by atoms with E-state index in [0.29, 0.717) is 41.8 Å². The number of likely N-dealkylation sites (tertiary alicyclic amines) is 1. The molecule has 1 aliphatic heterocycles. The summed E-state index contributed by atoms with van der Waals surface area (Å²) in [5, 5.41) is 18.1. The summed E-state index contributed by atoms with van der Waals surface area (Å²) in [6.07, 6.45) is 0.401. The Labute approximate surface area is 137 Å². The summed E-state index contributed by atoms with van der Waals surface area (Å²) in [6, 6.07) is 1.79. The van der Waals surface area contributed by atoms with E-state index in [0.717, 1.165) is 5.56 Å². The molecule has 3 heterocycles. The van der Waals surface area contributed by atoms with Crippen LogP contribution in [0.1, 0.15) is 17.7 Å². The Kier molecular flexibility index (Phi) is 3.91. The Morgan fingerprint density at radius 2 is 2.35 bits per heavy atom. The molecule has 0 bridgehead atoms. The van der Waals surface area contributed by atoms with Crippen LogP contribution in [0.4, 0.5) is 0 Å². The summed E-state index contributed by atoms with van der Waals surface area (Å²) in [4.78, 5) is 13.2. The van der Waals surface area contributed by atoms with E-state index in [9.17, 15) is 9.90 Å². The molecule has 0 amide bonds. The van der Waals surface area contributed by atoms with Crippen molar-refractivity contribution in [2.75, 3.05) is 13.1 Å². The second-order valence-electron chi connectivity index (χ2n) is 5.99. The summed E-state index contributed by atoms with van der Waals surface area (Å²) in [5.74, 6) is -0.301. The molecule has 124 valence electrons. The Balaban J connectivity index is 1.88. The summed E-state index contributed by atoms with van der Waals surface area (Å²) in [6.45, 7) is 3.12. The predicted molar refractivity (Wildman–Crippen MR) is 82.9 cm³/mol. The van der Waals surface area contributed by atoms with Crippen molar-refractivity contribution in [1.29, 1.82) is 0 Å². The zero-order chi connectivity index (χ0) is 16.8. The van der Waals surface area contributed by atoms with Gasteiger partial charge in [0, 0.05) is 38.3 Å². The predicted octanol–water partition coefficient (Wildman–Crippen LogP) is 1.02. The average molecular weight is 340 g/mol. The largest absolute Gasteiger partial charge is 0.480 e. The maximum Gasteiger partial charge on any atom is 0.325 e. The van der Waals surface area contributed by atoms with E-state index in [1.165, 1.54) is 0 Å². The van der Waals surface area contributed by atoms with E-state index in [4.69, 9.17) is 21.9 Å². The fourth-order valence-electron chi connectivity index (χ4n) is 2.82. The Hall–Kier alpha value is -1.90. The molecule has 3 rings (SSSR count). The highest BCUT2D eigenvalue weighted by Gasteiger charge is 2.41. The molecule has 8 nitrogen and oxygen atoms in total. The van der Waals surface area contributed by atoms with Crippen LogP contribution in [0, 0.1) is 6.92 Å². The van der Waals surface area contributed by atoms with Gasteiger partial charge in [-0.05, 0) is 13.3 Å². The zero-order valence-electron chi connectivity index (χ0n) is 12.9. The van der Waals surface area contributed by atoms with Gasteiger partial charge in [0.05, 0.1) is 0 Å². The van der Waals surface area contributed by atoms with Crippen LogP contribution in [0.15, 0.2) is 10.6 Å². The van der Waals surface area contributed by atoms with Crippen molar-refractivity contribution in [1.82, 2.24) is 19.8 Å². The smallest absolute Gasteiger partial charge is 0.325 e. The zero-order valence-corrected chi connectivity index (χ0v) is 13.7. The van der Waals surface area contributed by atoms with Crippen molar-refractivity contribution in [2.45, 2.75) is 25.4 Å². The van der Waals surface area contributed by atoms with Crippen LogP contribution < -0.4 is 5.73 Å². The molecule has 1 saturated heterocycles. The molecule has 0 aromatic carbocycles. The molecule has 9 heteroatoms. The highest BCUT2D eigenvalue weighted by atomic mass is 35.5. The molecule has 1 unspecified atom stereocenters. The number of aromatic nitrogens is 3. The van der Waals surface area contributed by atoms with Gasteiger partial charge in [0.15, 0.2) is 0 Å². The third kappa shape index (κ3) is 2.85. The number of nitrogens with zero attached hydrogens (tertiary/aromatic N) is 4. The van der Waals surface area contributed by atoms with Gasteiger partial charge in [-0.3, -0.25) is 14.4 Å². The first-order chi connectivity index (χ1) is 10.8. The summed E-state index contributed by atoms with van der Waals surface area (Å²) in [5.41, 5.74) is 6.75. The topological polar surface area (TPSA) is 110 Å².